The van der Waals surface area contributed by atoms with Gasteiger partial charge in [-0.1, -0.05) is 11.6 Å². The third kappa shape index (κ3) is 3.05. The van der Waals surface area contributed by atoms with Crippen LogP contribution in [-0.2, 0) is 6.54 Å². The largest absolute Gasteiger partial charge is 0.347 e. The number of nitrogens with one attached hydrogen (secondary N) is 1. The molecule has 0 radical (unpaired) electrons. The monoisotopic (exact) mass is 287 g/mol. The lowest BCUT2D eigenvalue weighted by Gasteiger charge is -2.04. The Morgan fingerprint density at radius 1 is 1.28 bits per heavy atom. The van der Waals surface area contributed by atoms with E-state index in [0.29, 0.717) is 10.4 Å². The Morgan fingerprint density at radius 2 is 2.06 bits per heavy atom. The molecule has 0 unspecified atom stereocenters. The fourth-order valence-electron chi connectivity index (χ4n) is 1.38. The number of thiophene rings is 1. The Hall–Kier alpha value is -1.46. The fourth-order valence-corrected chi connectivity index (χ4v) is 2.41. The zero-order chi connectivity index (χ0) is 13.1. The van der Waals surface area contributed by atoms with Crippen LogP contribution in [-0.4, -0.2) is 5.91 Å². The Labute approximate surface area is 111 Å². The van der Waals surface area contributed by atoms with Crippen molar-refractivity contribution in [3.8, 4) is 0 Å². The maximum absolute atomic E-state index is 13.3. The molecule has 0 aliphatic heterocycles. The van der Waals surface area contributed by atoms with Gasteiger partial charge in [0.25, 0.3) is 5.91 Å². The summed E-state index contributed by atoms with van der Waals surface area (Å²) < 4.78 is 26.6. The Morgan fingerprint density at radius 3 is 2.67 bits per heavy atom. The minimum absolute atomic E-state index is 0.181. The number of rotatable bonds is 3. The second kappa shape index (κ2) is 5.46. The molecule has 1 aromatic carbocycles. The second-order valence-electron chi connectivity index (χ2n) is 3.51. The van der Waals surface area contributed by atoms with Gasteiger partial charge in [-0.2, -0.15) is 0 Å². The Bertz CT molecular complexity index is 585. The van der Waals surface area contributed by atoms with E-state index in [4.69, 9.17) is 11.6 Å². The molecular weight excluding hydrogens is 280 g/mol. The fraction of sp³-hybridized carbons (Fsp3) is 0.0833. The van der Waals surface area contributed by atoms with E-state index in [1.54, 1.807) is 12.1 Å². The molecule has 1 aromatic heterocycles. The van der Waals surface area contributed by atoms with Crippen molar-refractivity contribution in [1.29, 1.82) is 0 Å². The average Bonchev–Trinajstić information content (AvgIpc) is 2.72. The van der Waals surface area contributed by atoms with Crippen LogP contribution in [0.5, 0.6) is 0 Å². The van der Waals surface area contributed by atoms with E-state index in [9.17, 15) is 13.6 Å². The van der Waals surface area contributed by atoms with Gasteiger partial charge in [0.05, 0.1) is 16.4 Å². The number of carbonyl (C=O) groups excluding carboxylic acids is 1. The predicted octanol–water partition coefficient (Wildman–Crippen LogP) is 3.61. The lowest BCUT2D eigenvalue weighted by atomic mass is 10.2. The third-order valence-corrected chi connectivity index (χ3v) is 3.46. The number of hydrogen-bond donors (Lipinski definition) is 1. The highest BCUT2D eigenvalue weighted by atomic mass is 35.5. The highest BCUT2D eigenvalue weighted by Crippen LogP contribution is 2.21. The van der Waals surface area contributed by atoms with Gasteiger partial charge in [0, 0.05) is 10.9 Å². The van der Waals surface area contributed by atoms with Gasteiger partial charge in [-0.3, -0.25) is 4.79 Å². The molecule has 0 spiro atoms. The standard InChI is InChI=1S/C12H8ClF2NOS/c13-11-4-2-8(18-11)6-16-12(17)9-3-1-7(14)5-10(9)15/h1-5H,6H2,(H,16,17). The van der Waals surface area contributed by atoms with Crippen LogP contribution in [0.3, 0.4) is 0 Å². The maximum Gasteiger partial charge on any atom is 0.254 e. The van der Waals surface area contributed by atoms with Crippen molar-refractivity contribution in [2.45, 2.75) is 6.54 Å². The van der Waals surface area contributed by atoms with Crippen molar-refractivity contribution in [2.75, 3.05) is 0 Å². The molecule has 2 aromatic rings. The molecule has 1 N–H and O–H groups in total. The van der Waals surface area contributed by atoms with Crippen molar-refractivity contribution >= 4 is 28.8 Å². The molecule has 18 heavy (non-hydrogen) atoms. The summed E-state index contributed by atoms with van der Waals surface area (Å²) in [5.41, 5.74) is -0.181. The first-order valence-corrected chi connectivity index (χ1v) is 6.23. The van der Waals surface area contributed by atoms with Crippen LogP contribution in [0.15, 0.2) is 30.3 Å². The quantitative estimate of drug-likeness (QED) is 0.918. The van der Waals surface area contributed by atoms with Gasteiger partial charge in [-0.25, -0.2) is 8.78 Å². The number of halogens is 3. The number of hydrogen-bond acceptors (Lipinski definition) is 2. The van der Waals surface area contributed by atoms with E-state index in [0.717, 1.165) is 17.0 Å². The molecular formula is C12H8ClF2NOS. The normalized spacial score (nSPS) is 10.4. The van der Waals surface area contributed by atoms with Gasteiger partial charge in [0.2, 0.25) is 0 Å². The van der Waals surface area contributed by atoms with Crippen LogP contribution in [0, 0.1) is 11.6 Å². The lowest BCUT2D eigenvalue weighted by molar-refractivity contribution is 0.0947. The van der Waals surface area contributed by atoms with E-state index >= 15 is 0 Å². The van der Waals surface area contributed by atoms with Gasteiger partial charge in [0.15, 0.2) is 0 Å². The molecule has 0 saturated carbocycles. The summed E-state index contributed by atoms with van der Waals surface area (Å²) >= 11 is 7.07. The molecule has 6 heteroatoms. The van der Waals surface area contributed by atoms with Gasteiger partial charge in [-0.15, -0.1) is 11.3 Å². The van der Waals surface area contributed by atoms with Crippen molar-refractivity contribution in [3.05, 3.63) is 56.7 Å². The van der Waals surface area contributed by atoms with Crippen molar-refractivity contribution in [1.82, 2.24) is 5.32 Å². The van der Waals surface area contributed by atoms with E-state index in [1.807, 2.05) is 0 Å². The van der Waals surface area contributed by atoms with Crippen LogP contribution in [0.4, 0.5) is 8.78 Å². The highest BCUT2D eigenvalue weighted by Gasteiger charge is 2.12. The summed E-state index contributed by atoms with van der Waals surface area (Å²) in [4.78, 5) is 12.5. The number of amides is 1. The SMILES string of the molecule is O=C(NCc1ccc(Cl)s1)c1ccc(F)cc1F. The van der Waals surface area contributed by atoms with Gasteiger partial charge in [-0.05, 0) is 24.3 Å². The predicted molar refractivity (Wildman–Crippen MR) is 66.9 cm³/mol. The van der Waals surface area contributed by atoms with Gasteiger partial charge in [0.1, 0.15) is 11.6 Å². The van der Waals surface area contributed by atoms with Crippen LogP contribution in [0.1, 0.15) is 15.2 Å². The number of carbonyl (C=O) groups is 1. The molecule has 0 aliphatic carbocycles. The van der Waals surface area contributed by atoms with E-state index in [-0.39, 0.29) is 12.1 Å². The molecule has 94 valence electrons. The van der Waals surface area contributed by atoms with E-state index in [2.05, 4.69) is 5.32 Å². The topological polar surface area (TPSA) is 29.1 Å². The Kier molecular flexibility index (Phi) is 3.93. The van der Waals surface area contributed by atoms with Crippen LogP contribution in [0.2, 0.25) is 4.34 Å². The van der Waals surface area contributed by atoms with Gasteiger partial charge >= 0.3 is 0 Å². The molecule has 0 atom stereocenters. The Balaban J connectivity index is 2.03. The maximum atomic E-state index is 13.3. The highest BCUT2D eigenvalue weighted by molar-refractivity contribution is 7.16. The van der Waals surface area contributed by atoms with Gasteiger partial charge < -0.3 is 5.32 Å². The molecule has 0 saturated heterocycles. The van der Waals surface area contributed by atoms with Crippen molar-refractivity contribution in [2.24, 2.45) is 0 Å². The minimum atomic E-state index is -0.878. The zero-order valence-corrected chi connectivity index (χ0v) is 10.6. The first-order chi connectivity index (χ1) is 8.56. The van der Waals surface area contributed by atoms with Crippen LogP contribution < -0.4 is 5.32 Å². The lowest BCUT2D eigenvalue weighted by Crippen LogP contribution is -2.23. The second-order valence-corrected chi connectivity index (χ2v) is 5.31. The summed E-state index contributed by atoms with van der Waals surface area (Å²) in [6.45, 7) is 0.257. The molecule has 2 rings (SSSR count). The molecule has 0 bridgehead atoms. The summed E-state index contributed by atoms with van der Waals surface area (Å²) in [6, 6.07) is 6.32. The molecule has 2 nitrogen and oxygen atoms in total. The molecule has 0 fully saturated rings. The van der Waals surface area contributed by atoms with E-state index < -0.39 is 17.5 Å². The first kappa shape index (κ1) is 13.0. The van der Waals surface area contributed by atoms with Crippen molar-refractivity contribution < 1.29 is 13.6 Å². The third-order valence-electron chi connectivity index (χ3n) is 2.23. The molecule has 1 amide bonds. The summed E-state index contributed by atoms with van der Waals surface area (Å²) in [6.07, 6.45) is 0. The molecule has 1 heterocycles. The summed E-state index contributed by atoms with van der Waals surface area (Å²) in [7, 11) is 0. The van der Waals surface area contributed by atoms with Crippen LogP contribution in [0.25, 0.3) is 0 Å². The zero-order valence-electron chi connectivity index (χ0n) is 9.04. The summed E-state index contributed by atoms with van der Waals surface area (Å²) in [5, 5.41) is 2.54. The summed E-state index contributed by atoms with van der Waals surface area (Å²) in [5.74, 6) is -2.18. The average molecular weight is 288 g/mol. The van der Waals surface area contributed by atoms with Crippen molar-refractivity contribution in [3.63, 3.8) is 0 Å². The molecule has 0 aliphatic rings. The first-order valence-electron chi connectivity index (χ1n) is 5.04. The minimum Gasteiger partial charge on any atom is -0.347 e. The smallest absolute Gasteiger partial charge is 0.254 e. The van der Waals surface area contributed by atoms with E-state index in [1.165, 1.54) is 11.3 Å². The number of benzene rings is 1. The van der Waals surface area contributed by atoms with Crippen LogP contribution >= 0.6 is 22.9 Å².